The van der Waals surface area contributed by atoms with E-state index in [1.807, 2.05) is 12.1 Å². The summed E-state index contributed by atoms with van der Waals surface area (Å²) in [6, 6.07) is 8.22. The van der Waals surface area contributed by atoms with Crippen molar-refractivity contribution in [2.75, 3.05) is 6.61 Å². The molecule has 0 spiro atoms. The van der Waals surface area contributed by atoms with Gasteiger partial charge in [0.2, 0.25) is 0 Å². The number of hydrogen-bond donors (Lipinski definition) is 1. The molecular formula is C15H23NO. The largest absolute Gasteiger partial charge is 0.493 e. The van der Waals surface area contributed by atoms with Gasteiger partial charge in [-0.1, -0.05) is 50.8 Å². The van der Waals surface area contributed by atoms with Crippen molar-refractivity contribution in [2.24, 2.45) is 5.73 Å². The number of ether oxygens (including phenoxy) is 1. The van der Waals surface area contributed by atoms with Gasteiger partial charge < -0.3 is 10.5 Å². The van der Waals surface area contributed by atoms with Crippen molar-refractivity contribution >= 4 is 0 Å². The fraction of sp³-hybridized carbons (Fsp3) is 0.600. The third-order valence-electron chi connectivity index (χ3n) is 3.71. The first-order chi connectivity index (χ1) is 8.26. The van der Waals surface area contributed by atoms with E-state index in [9.17, 15) is 0 Å². The number of fused-ring (bicyclic) bond motifs is 1. The van der Waals surface area contributed by atoms with Crippen molar-refractivity contribution in [1.29, 1.82) is 0 Å². The van der Waals surface area contributed by atoms with E-state index in [4.69, 9.17) is 10.5 Å². The van der Waals surface area contributed by atoms with Crippen LogP contribution in [-0.4, -0.2) is 6.61 Å². The normalized spacial score (nSPS) is 22.9. The molecule has 1 aliphatic heterocycles. The molecule has 2 N–H and O–H groups in total. The molecule has 0 saturated carbocycles. The molecule has 0 fully saturated rings. The summed E-state index contributed by atoms with van der Waals surface area (Å²) in [7, 11) is 0. The molecule has 0 saturated heterocycles. The minimum Gasteiger partial charge on any atom is -0.493 e. The van der Waals surface area contributed by atoms with E-state index in [2.05, 4.69) is 19.1 Å². The van der Waals surface area contributed by atoms with Gasteiger partial charge in [0.15, 0.2) is 0 Å². The number of benzene rings is 1. The summed E-state index contributed by atoms with van der Waals surface area (Å²) in [6.07, 6.45) is 7.12. The molecule has 1 atom stereocenters. The Morgan fingerprint density at radius 2 is 2.06 bits per heavy atom. The number of nitrogens with two attached hydrogens (primary N) is 1. The van der Waals surface area contributed by atoms with Gasteiger partial charge >= 0.3 is 0 Å². The van der Waals surface area contributed by atoms with Gasteiger partial charge in [-0.25, -0.2) is 0 Å². The highest BCUT2D eigenvalue weighted by molar-refractivity contribution is 5.40. The lowest BCUT2D eigenvalue weighted by molar-refractivity contribution is 0.205. The molecule has 94 valence electrons. The Bertz CT molecular complexity index is 364. The van der Waals surface area contributed by atoms with Crippen molar-refractivity contribution in [3.63, 3.8) is 0 Å². The Hall–Kier alpha value is -1.02. The Kier molecular flexibility index (Phi) is 4.06. The maximum Gasteiger partial charge on any atom is 0.124 e. The van der Waals surface area contributed by atoms with E-state index in [0.717, 1.165) is 25.2 Å². The van der Waals surface area contributed by atoms with E-state index >= 15 is 0 Å². The van der Waals surface area contributed by atoms with Crippen molar-refractivity contribution in [2.45, 2.75) is 51.0 Å². The highest BCUT2D eigenvalue weighted by Crippen LogP contribution is 2.38. The van der Waals surface area contributed by atoms with E-state index in [-0.39, 0.29) is 5.54 Å². The highest BCUT2D eigenvalue weighted by Gasteiger charge is 2.32. The second-order valence-corrected chi connectivity index (χ2v) is 5.06. The highest BCUT2D eigenvalue weighted by atomic mass is 16.5. The molecular weight excluding hydrogens is 210 g/mol. The van der Waals surface area contributed by atoms with Crippen LogP contribution in [0.25, 0.3) is 0 Å². The van der Waals surface area contributed by atoms with Crippen molar-refractivity contribution in [3.8, 4) is 5.75 Å². The standard InChI is InChI=1S/C15H23NO/c1-2-3-4-7-10-15(16)11-12-17-14-9-6-5-8-13(14)15/h5-6,8-9H,2-4,7,10-12,16H2,1H3. The first-order valence-electron chi connectivity index (χ1n) is 6.77. The molecule has 2 nitrogen and oxygen atoms in total. The third kappa shape index (κ3) is 2.81. The van der Waals surface area contributed by atoms with E-state index < -0.39 is 0 Å². The van der Waals surface area contributed by atoms with Crippen LogP contribution in [0.5, 0.6) is 5.75 Å². The fourth-order valence-electron chi connectivity index (χ4n) is 2.61. The van der Waals surface area contributed by atoms with Crippen LogP contribution in [0, 0.1) is 0 Å². The molecule has 2 heteroatoms. The lowest BCUT2D eigenvalue weighted by Gasteiger charge is -2.35. The summed E-state index contributed by atoms with van der Waals surface area (Å²) < 4.78 is 5.67. The van der Waals surface area contributed by atoms with Gasteiger partial charge in [0, 0.05) is 17.5 Å². The predicted octanol–water partition coefficient (Wildman–Crippen LogP) is 3.59. The summed E-state index contributed by atoms with van der Waals surface area (Å²) in [6.45, 7) is 2.99. The summed E-state index contributed by atoms with van der Waals surface area (Å²) in [5, 5.41) is 0. The SMILES string of the molecule is CCCCCCC1(N)CCOc2ccccc21. The van der Waals surface area contributed by atoms with Gasteiger partial charge in [0.05, 0.1) is 6.61 Å². The van der Waals surface area contributed by atoms with Gasteiger partial charge in [-0.3, -0.25) is 0 Å². The molecule has 0 bridgehead atoms. The van der Waals surface area contributed by atoms with Crippen LogP contribution >= 0.6 is 0 Å². The number of hydrogen-bond acceptors (Lipinski definition) is 2. The summed E-state index contributed by atoms with van der Waals surface area (Å²) in [5.74, 6) is 0.983. The van der Waals surface area contributed by atoms with Gasteiger partial charge in [0.25, 0.3) is 0 Å². The van der Waals surface area contributed by atoms with Gasteiger partial charge in [-0.15, -0.1) is 0 Å². The van der Waals surface area contributed by atoms with Gasteiger partial charge in [-0.05, 0) is 12.5 Å². The Morgan fingerprint density at radius 1 is 1.24 bits per heavy atom. The van der Waals surface area contributed by atoms with E-state index in [1.54, 1.807) is 0 Å². The predicted molar refractivity (Wildman–Crippen MR) is 71.2 cm³/mol. The van der Waals surface area contributed by atoms with Crippen molar-refractivity contribution in [3.05, 3.63) is 29.8 Å². The number of para-hydroxylation sites is 1. The quantitative estimate of drug-likeness (QED) is 0.789. The maximum absolute atomic E-state index is 6.57. The molecule has 0 amide bonds. The molecule has 0 aliphatic carbocycles. The molecule has 0 radical (unpaired) electrons. The van der Waals surface area contributed by atoms with Crippen LogP contribution in [0.15, 0.2) is 24.3 Å². The van der Waals surface area contributed by atoms with Crippen LogP contribution in [0.2, 0.25) is 0 Å². The van der Waals surface area contributed by atoms with Crippen LogP contribution in [0.3, 0.4) is 0 Å². The van der Waals surface area contributed by atoms with Crippen LogP contribution in [-0.2, 0) is 5.54 Å². The summed E-state index contributed by atoms with van der Waals surface area (Å²) in [5.41, 5.74) is 7.61. The zero-order valence-electron chi connectivity index (χ0n) is 10.7. The molecule has 17 heavy (non-hydrogen) atoms. The molecule has 1 aromatic rings. The lowest BCUT2D eigenvalue weighted by Crippen LogP contribution is -2.41. The minimum atomic E-state index is -0.164. The summed E-state index contributed by atoms with van der Waals surface area (Å²) >= 11 is 0. The van der Waals surface area contributed by atoms with Crippen LogP contribution in [0.4, 0.5) is 0 Å². The Labute approximate surface area is 104 Å². The Balaban J connectivity index is 2.05. The van der Waals surface area contributed by atoms with Gasteiger partial charge in [-0.2, -0.15) is 0 Å². The van der Waals surface area contributed by atoms with E-state index in [1.165, 1.54) is 31.2 Å². The summed E-state index contributed by atoms with van der Waals surface area (Å²) in [4.78, 5) is 0. The maximum atomic E-state index is 6.57. The molecule has 2 rings (SSSR count). The lowest BCUT2D eigenvalue weighted by atomic mass is 9.81. The average Bonchev–Trinajstić information content (AvgIpc) is 2.36. The zero-order chi connectivity index (χ0) is 12.1. The second-order valence-electron chi connectivity index (χ2n) is 5.06. The second kappa shape index (κ2) is 5.54. The first-order valence-corrected chi connectivity index (χ1v) is 6.77. The van der Waals surface area contributed by atoms with Crippen LogP contribution < -0.4 is 10.5 Å². The molecule has 0 aromatic heterocycles. The Morgan fingerprint density at radius 3 is 2.88 bits per heavy atom. The monoisotopic (exact) mass is 233 g/mol. The van der Waals surface area contributed by atoms with Crippen LogP contribution in [0.1, 0.15) is 51.0 Å². The third-order valence-corrected chi connectivity index (χ3v) is 3.71. The number of rotatable bonds is 5. The molecule has 1 aliphatic rings. The molecule has 1 heterocycles. The van der Waals surface area contributed by atoms with E-state index in [0.29, 0.717) is 0 Å². The van der Waals surface area contributed by atoms with Gasteiger partial charge in [0.1, 0.15) is 5.75 Å². The first kappa shape index (κ1) is 12.4. The smallest absolute Gasteiger partial charge is 0.124 e. The fourth-order valence-corrected chi connectivity index (χ4v) is 2.61. The minimum absolute atomic E-state index is 0.164. The zero-order valence-corrected chi connectivity index (χ0v) is 10.7. The topological polar surface area (TPSA) is 35.2 Å². The molecule has 1 aromatic carbocycles. The average molecular weight is 233 g/mol. The molecule has 1 unspecified atom stereocenters. The van der Waals surface area contributed by atoms with Crippen molar-refractivity contribution < 1.29 is 4.74 Å². The number of unbranched alkanes of at least 4 members (excludes halogenated alkanes) is 3. The van der Waals surface area contributed by atoms with Crippen molar-refractivity contribution in [1.82, 2.24) is 0 Å².